The van der Waals surface area contributed by atoms with Crippen molar-refractivity contribution in [3.8, 4) is 0 Å². The van der Waals surface area contributed by atoms with Gasteiger partial charge in [-0.1, -0.05) is 15.9 Å². The van der Waals surface area contributed by atoms with Crippen molar-refractivity contribution in [3.05, 3.63) is 34.1 Å². The molecule has 1 saturated heterocycles. The molecule has 0 aliphatic carbocycles. The summed E-state index contributed by atoms with van der Waals surface area (Å²) in [5.41, 5.74) is 0.560. The molecule has 0 spiro atoms. The maximum atomic E-state index is 13.5. The SMILES string of the molecule is O=C1NCC(c2cc(Br)ccc2F)CO1. The zero-order chi connectivity index (χ0) is 10.8. The summed E-state index contributed by atoms with van der Waals surface area (Å²) in [6, 6.07) is 4.75. The Morgan fingerprint density at radius 1 is 1.53 bits per heavy atom. The van der Waals surface area contributed by atoms with E-state index in [9.17, 15) is 9.18 Å². The van der Waals surface area contributed by atoms with Gasteiger partial charge in [0.2, 0.25) is 0 Å². The molecule has 1 unspecified atom stereocenters. The fraction of sp³-hybridized carbons (Fsp3) is 0.300. The minimum atomic E-state index is -0.443. The first-order chi connectivity index (χ1) is 7.16. The molecule has 5 heteroatoms. The minimum absolute atomic E-state index is 0.125. The topological polar surface area (TPSA) is 38.3 Å². The summed E-state index contributed by atoms with van der Waals surface area (Å²) in [7, 11) is 0. The lowest BCUT2D eigenvalue weighted by Crippen LogP contribution is -2.37. The summed E-state index contributed by atoms with van der Waals surface area (Å²) in [6.07, 6.45) is -0.443. The number of hydrogen-bond donors (Lipinski definition) is 1. The van der Waals surface area contributed by atoms with Gasteiger partial charge in [0.1, 0.15) is 12.4 Å². The Morgan fingerprint density at radius 3 is 3.00 bits per heavy atom. The lowest BCUT2D eigenvalue weighted by molar-refractivity contribution is 0.119. The maximum absolute atomic E-state index is 13.5. The lowest BCUT2D eigenvalue weighted by Gasteiger charge is -2.23. The first kappa shape index (κ1) is 10.4. The highest BCUT2D eigenvalue weighted by Gasteiger charge is 2.23. The van der Waals surface area contributed by atoms with Gasteiger partial charge in [-0.15, -0.1) is 0 Å². The van der Waals surface area contributed by atoms with E-state index in [1.54, 1.807) is 12.1 Å². The molecule has 3 nitrogen and oxygen atoms in total. The highest BCUT2D eigenvalue weighted by molar-refractivity contribution is 9.10. The Morgan fingerprint density at radius 2 is 2.33 bits per heavy atom. The van der Waals surface area contributed by atoms with Gasteiger partial charge in [-0.05, 0) is 23.8 Å². The first-order valence-electron chi connectivity index (χ1n) is 4.52. The van der Waals surface area contributed by atoms with Crippen LogP contribution < -0.4 is 5.32 Å². The third-order valence-corrected chi connectivity index (χ3v) is 2.80. The number of alkyl carbamates (subject to hydrolysis) is 1. The zero-order valence-electron chi connectivity index (χ0n) is 7.80. The molecule has 1 amide bonds. The number of rotatable bonds is 1. The molecule has 80 valence electrons. The van der Waals surface area contributed by atoms with Gasteiger partial charge in [-0.25, -0.2) is 9.18 Å². The Balaban J connectivity index is 2.21. The number of carbonyl (C=O) groups excluding carboxylic acids is 1. The van der Waals surface area contributed by atoms with Crippen LogP contribution in [0.5, 0.6) is 0 Å². The number of benzene rings is 1. The van der Waals surface area contributed by atoms with Crippen LogP contribution in [0.1, 0.15) is 11.5 Å². The molecule has 1 aliphatic rings. The fourth-order valence-electron chi connectivity index (χ4n) is 1.52. The van der Waals surface area contributed by atoms with Gasteiger partial charge in [-0.3, -0.25) is 0 Å². The molecule has 0 saturated carbocycles. The van der Waals surface area contributed by atoms with Crippen molar-refractivity contribution in [2.24, 2.45) is 0 Å². The van der Waals surface area contributed by atoms with E-state index in [0.717, 1.165) is 4.47 Å². The Labute approximate surface area is 94.7 Å². The first-order valence-corrected chi connectivity index (χ1v) is 5.31. The van der Waals surface area contributed by atoms with Gasteiger partial charge >= 0.3 is 6.09 Å². The van der Waals surface area contributed by atoms with E-state index in [0.29, 0.717) is 12.1 Å². The molecule has 1 aliphatic heterocycles. The second-order valence-corrected chi connectivity index (χ2v) is 4.26. The molecule has 1 aromatic carbocycles. The number of nitrogens with one attached hydrogen (secondary N) is 1. The molecule has 1 N–H and O–H groups in total. The Hall–Kier alpha value is -1.10. The second kappa shape index (κ2) is 4.18. The molecule has 2 rings (SSSR count). The fourth-order valence-corrected chi connectivity index (χ4v) is 1.90. The van der Waals surface area contributed by atoms with Gasteiger partial charge in [0.15, 0.2) is 0 Å². The van der Waals surface area contributed by atoms with Crippen molar-refractivity contribution < 1.29 is 13.9 Å². The maximum Gasteiger partial charge on any atom is 0.407 e. The summed E-state index contributed by atoms with van der Waals surface area (Å²) in [5.74, 6) is -0.400. The number of amides is 1. The molecule has 1 aromatic rings. The molecule has 1 atom stereocenters. The highest BCUT2D eigenvalue weighted by atomic mass is 79.9. The number of ether oxygens (including phenoxy) is 1. The summed E-state index contributed by atoms with van der Waals surface area (Å²) in [5, 5.41) is 2.53. The largest absolute Gasteiger partial charge is 0.449 e. The average Bonchev–Trinajstić information content (AvgIpc) is 2.23. The van der Waals surface area contributed by atoms with Crippen LogP contribution >= 0.6 is 15.9 Å². The predicted molar refractivity (Wildman–Crippen MR) is 56.2 cm³/mol. The van der Waals surface area contributed by atoms with Crippen LogP contribution in [0.4, 0.5) is 9.18 Å². The van der Waals surface area contributed by atoms with E-state index < -0.39 is 6.09 Å². The Kier molecular flexibility index (Phi) is 2.90. The third-order valence-electron chi connectivity index (χ3n) is 2.31. The average molecular weight is 274 g/mol. The molecule has 0 radical (unpaired) electrons. The minimum Gasteiger partial charge on any atom is -0.449 e. The second-order valence-electron chi connectivity index (χ2n) is 3.34. The van der Waals surface area contributed by atoms with Crippen LogP contribution in [-0.4, -0.2) is 19.2 Å². The third kappa shape index (κ3) is 2.28. The molecule has 0 aromatic heterocycles. The van der Waals surface area contributed by atoms with E-state index in [1.807, 2.05) is 0 Å². The van der Waals surface area contributed by atoms with Crippen LogP contribution in [0.15, 0.2) is 22.7 Å². The molecule has 0 bridgehead atoms. The monoisotopic (exact) mass is 273 g/mol. The molecule has 1 fully saturated rings. The van der Waals surface area contributed by atoms with Gasteiger partial charge in [-0.2, -0.15) is 0 Å². The zero-order valence-corrected chi connectivity index (χ0v) is 9.38. The smallest absolute Gasteiger partial charge is 0.407 e. The molecular weight excluding hydrogens is 265 g/mol. The van der Waals surface area contributed by atoms with E-state index >= 15 is 0 Å². The van der Waals surface area contributed by atoms with E-state index in [-0.39, 0.29) is 18.3 Å². The molecule has 15 heavy (non-hydrogen) atoms. The number of cyclic esters (lactones) is 1. The summed E-state index contributed by atoms with van der Waals surface area (Å²) in [6.45, 7) is 0.630. The van der Waals surface area contributed by atoms with Crippen LogP contribution in [0.25, 0.3) is 0 Å². The van der Waals surface area contributed by atoms with E-state index in [1.165, 1.54) is 6.07 Å². The van der Waals surface area contributed by atoms with Crippen molar-refractivity contribution in [2.75, 3.05) is 13.2 Å². The highest BCUT2D eigenvalue weighted by Crippen LogP contribution is 2.24. The number of halogens is 2. The quantitative estimate of drug-likeness (QED) is 0.854. The summed E-state index contributed by atoms with van der Waals surface area (Å²) < 4.78 is 19.1. The molecular formula is C10H9BrFNO2. The number of hydrogen-bond acceptors (Lipinski definition) is 2. The lowest BCUT2D eigenvalue weighted by atomic mass is 9.99. The van der Waals surface area contributed by atoms with Crippen LogP contribution in [0.2, 0.25) is 0 Å². The van der Waals surface area contributed by atoms with Crippen molar-refractivity contribution in [3.63, 3.8) is 0 Å². The van der Waals surface area contributed by atoms with Gasteiger partial charge in [0, 0.05) is 16.9 Å². The van der Waals surface area contributed by atoms with Crippen LogP contribution in [-0.2, 0) is 4.74 Å². The summed E-state index contributed by atoms with van der Waals surface area (Å²) >= 11 is 3.28. The number of carbonyl (C=O) groups is 1. The Bertz CT molecular complexity index is 387. The molecule has 1 heterocycles. The predicted octanol–water partition coefficient (Wildman–Crippen LogP) is 2.41. The van der Waals surface area contributed by atoms with E-state index in [2.05, 4.69) is 21.2 Å². The van der Waals surface area contributed by atoms with Gasteiger partial charge in [0.05, 0.1) is 0 Å². The normalized spacial score (nSPS) is 20.7. The van der Waals surface area contributed by atoms with Gasteiger partial charge in [0.25, 0.3) is 0 Å². The standard InChI is InChI=1S/C10H9BrFNO2/c11-7-1-2-9(12)8(3-7)6-4-13-10(14)15-5-6/h1-3,6H,4-5H2,(H,13,14). The van der Waals surface area contributed by atoms with Crippen molar-refractivity contribution in [1.29, 1.82) is 0 Å². The van der Waals surface area contributed by atoms with Crippen LogP contribution in [0, 0.1) is 5.82 Å². The van der Waals surface area contributed by atoms with Gasteiger partial charge < -0.3 is 10.1 Å². The van der Waals surface area contributed by atoms with Crippen molar-refractivity contribution in [1.82, 2.24) is 5.32 Å². The van der Waals surface area contributed by atoms with Crippen LogP contribution in [0.3, 0.4) is 0 Å². The summed E-state index contributed by atoms with van der Waals surface area (Å²) in [4.78, 5) is 10.8. The van der Waals surface area contributed by atoms with Crippen molar-refractivity contribution >= 4 is 22.0 Å². The van der Waals surface area contributed by atoms with E-state index in [4.69, 9.17) is 4.74 Å². The van der Waals surface area contributed by atoms with Crippen molar-refractivity contribution in [2.45, 2.75) is 5.92 Å².